The molecule has 0 N–H and O–H groups in total. The van der Waals surface area contributed by atoms with Crippen LogP contribution in [0, 0.1) is 0 Å². The number of hydrogen-bond donors (Lipinski definition) is 0. The Morgan fingerprint density at radius 1 is 0.767 bits per heavy atom. The first-order chi connectivity index (χ1) is 14.5. The first kappa shape index (κ1) is 19.7. The number of nitrogens with zero attached hydrogens (tertiary/aromatic N) is 3. The average molecular weight is 399 g/mol. The van der Waals surface area contributed by atoms with E-state index in [2.05, 4.69) is 0 Å². The molecule has 1 heterocycles. The molecule has 0 aliphatic carbocycles. The highest BCUT2D eigenvalue weighted by atomic mass is 16.2. The third-order valence-electron chi connectivity index (χ3n) is 5.40. The zero-order valence-electron chi connectivity index (χ0n) is 17.2. The van der Waals surface area contributed by atoms with Crippen molar-refractivity contribution in [3.8, 4) is 0 Å². The van der Waals surface area contributed by atoms with Crippen LogP contribution in [0.3, 0.4) is 0 Å². The lowest BCUT2D eigenvalue weighted by atomic mass is 10.0. The standard InChI is InChI=1S/C25H25N3O2/c1-26(2)21-13-15-22(16-14-21)28-23(17-19-9-5-3-6-10-19)24(29)27(25(28)30)18-20-11-7-4-8-12-20/h3-16,23H,17-18H2,1-2H3/t23-/m0/s1. The predicted octanol–water partition coefficient (Wildman–Crippen LogP) is 4.33. The van der Waals surface area contributed by atoms with E-state index in [1.807, 2.05) is 104 Å². The fourth-order valence-corrected chi connectivity index (χ4v) is 3.78. The van der Waals surface area contributed by atoms with Gasteiger partial charge < -0.3 is 4.90 Å². The summed E-state index contributed by atoms with van der Waals surface area (Å²) in [6, 6.07) is 26.4. The third kappa shape index (κ3) is 3.92. The molecule has 3 aromatic carbocycles. The van der Waals surface area contributed by atoms with Gasteiger partial charge in [0.25, 0.3) is 5.91 Å². The van der Waals surface area contributed by atoms with Gasteiger partial charge >= 0.3 is 6.03 Å². The minimum Gasteiger partial charge on any atom is -0.378 e. The minimum absolute atomic E-state index is 0.163. The first-order valence-electron chi connectivity index (χ1n) is 10.0. The molecular formula is C25H25N3O2. The van der Waals surface area contributed by atoms with E-state index in [-0.39, 0.29) is 18.5 Å². The molecular weight excluding hydrogens is 374 g/mol. The Morgan fingerprint density at radius 2 is 1.33 bits per heavy atom. The second-order valence-corrected chi connectivity index (χ2v) is 7.68. The number of rotatable bonds is 6. The Kier molecular flexibility index (Phi) is 5.53. The summed E-state index contributed by atoms with van der Waals surface area (Å²) in [6.45, 7) is 0.274. The van der Waals surface area contributed by atoms with Gasteiger partial charge in [-0.1, -0.05) is 60.7 Å². The van der Waals surface area contributed by atoms with Crippen LogP contribution in [0.1, 0.15) is 11.1 Å². The maximum absolute atomic E-state index is 13.4. The molecule has 0 bridgehead atoms. The Morgan fingerprint density at radius 3 is 1.90 bits per heavy atom. The number of imide groups is 1. The smallest absolute Gasteiger partial charge is 0.332 e. The molecule has 0 spiro atoms. The Labute approximate surface area is 177 Å². The second-order valence-electron chi connectivity index (χ2n) is 7.68. The van der Waals surface area contributed by atoms with Crippen LogP contribution in [0.4, 0.5) is 16.2 Å². The fourth-order valence-electron chi connectivity index (χ4n) is 3.78. The second kappa shape index (κ2) is 8.41. The van der Waals surface area contributed by atoms with Gasteiger partial charge in [0, 0.05) is 31.9 Å². The van der Waals surface area contributed by atoms with Gasteiger partial charge in [0.2, 0.25) is 0 Å². The maximum Gasteiger partial charge on any atom is 0.332 e. The van der Waals surface area contributed by atoms with Gasteiger partial charge in [-0.2, -0.15) is 0 Å². The molecule has 3 amide bonds. The Hall–Kier alpha value is -3.60. The van der Waals surface area contributed by atoms with E-state index >= 15 is 0 Å². The summed E-state index contributed by atoms with van der Waals surface area (Å²) in [6.07, 6.45) is 0.478. The summed E-state index contributed by atoms with van der Waals surface area (Å²) in [4.78, 5) is 31.7. The monoisotopic (exact) mass is 399 g/mol. The van der Waals surface area contributed by atoms with Crippen LogP contribution in [-0.4, -0.2) is 37.0 Å². The topological polar surface area (TPSA) is 43.9 Å². The number of carbonyl (C=O) groups is 2. The van der Waals surface area contributed by atoms with E-state index in [1.54, 1.807) is 4.90 Å². The van der Waals surface area contributed by atoms with Gasteiger partial charge in [0.1, 0.15) is 6.04 Å². The maximum atomic E-state index is 13.4. The predicted molar refractivity (Wildman–Crippen MR) is 120 cm³/mol. The molecule has 4 rings (SSSR count). The molecule has 0 aromatic heterocycles. The average Bonchev–Trinajstić information content (AvgIpc) is 2.99. The Bertz CT molecular complexity index is 1020. The van der Waals surface area contributed by atoms with Crippen LogP contribution in [-0.2, 0) is 17.8 Å². The highest BCUT2D eigenvalue weighted by Gasteiger charge is 2.45. The molecule has 0 unspecified atom stereocenters. The lowest BCUT2D eigenvalue weighted by Crippen LogP contribution is -2.36. The largest absolute Gasteiger partial charge is 0.378 e. The van der Waals surface area contributed by atoms with E-state index in [0.29, 0.717) is 6.42 Å². The number of urea groups is 1. The fraction of sp³-hybridized carbons (Fsp3) is 0.200. The summed E-state index contributed by atoms with van der Waals surface area (Å²) in [7, 11) is 3.94. The SMILES string of the molecule is CN(C)c1ccc(N2C(=O)N(Cc3ccccc3)C(=O)[C@@H]2Cc2ccccc2)cc1. The van der Waals surface area contributed by atoms with Crippen molar-refractivity contribution in [2.75, 3.05) is 23.9 Å². The van der Waals surface area contributed by atoms with Crippen molar-refractivity contribution >= 4 is 23.3 Å². The van der Waals surface area contributed by atoms with Crippen molar-refractivity contribution in [1.29, 1.82) is 0 Å². The van der Waals surface area contributed by atoms with Crippen molar-refractivity contribution < 1.29 is 9.59 Å². The van der Waals surface area contributed by atoms with Crippen molar-refractivity contribution in [2.45, 2.75) is 19.0 Å². The van der Waals surface area contributed by atoms with Crippen LogP contribution < -0.4 is 9.80 Å². The van der Waals surface area contributed by atoms with Crippen LogP contribution >= 0.6 is 0 Å². The number of carbonyl (C=O) groups excluding carboxylic acids is 2. The number of anilines is 2. The van der Waals surface area contributed by atoms with E-state index in [1.165, 1.54) is 4.90 Å². The van der Waals surface area contributed by atoms with E-state index in [4.69, 9.17) is 0 Å². The minimum atomic E-state index is -0.561. The van der Waals surface area contributed by atoms with Gasteiger partial charge in [-0.15, -0.1) is 0 Å². The van der Waals surface area contributed by atoms with Crippen LogP contribution in [0.25, 0.3) is 0 Å². The van der Waals surface area contributed by atoms with Crippen LogP contribution in [0.5, 0.6) is 0 Å². The van der Waals surface area contributed by atoms with Gasteiger partial charge in [0.15, 0.2) is 0 Å². The Balaban J connectivity index is 1.68. The molecule has 1 saturated heterocycles. The van der Waals surface area contributed by atoms with Gasteiger partial charge in [-0.05, 0) is 35.4 Å². The van der Waals surface area contributed by atoms with E-state index in [9.17, 15) is 9.59 Å². The van der Waals surface area contributed by atoms with Crippen molar-refractivity contribution in [1.82, 2.24) is 4.90 Å². The van der Waals surface area contributed by atoms with Crippen molar-refractivity contribution in [3.63, 3.8) is 0 Å². The summed E-state index contributed by atoms with van der Waals surface area (Å²) < 4.78 is 0. The van der Waals surface area contributed by atoms with Crippen LogP contribution in [0.15, 0.2) is 84.9 Å². The number of hydrogen-bond acceptors (Lipinski definition) is 3. The van der Waals surface area contributed by atoms with Crippen molar-refractivity contribution in [2.24, 2.45) is 0 Å². The molecule has 5 nitrogen and oxygen atoms in total. The molecule has 30 heavy (non-hydrogen) atoms. The molecule has 5 heteroatoms. The van der Waals surface area contributed by atoms with Gasteiger partial charge in [0.05, 0.1) is 6.54 Å². The first-order valence-corrected chi connectivity index (χ1v) is 10.0. The molecule has 3 aromatic rings. The molecule has 0 saturated carbocycles. The molecule has 1 aliphatic heterocycles. The molecule has 0 radical (unpaired) electrons. The van der Waals surface area contributed by atoms with Crippen LogP contribution in [0.2, 0.25) is 0 Å². The lowest BCUT2D eigenvalue weighted by Gasteiger charge is -2.23. The molecule has 152 valence electrons. The molecule has 1 fully saturated rings. The quantitative estimate of drug-likeness (QED) is 0.580. The highest BCUT2D eigenvalue weighted by molar-refractivity contribution is 6.14. The zero-order chi connectivity index (χ0) is 21.1. The summed E-state index contributed by atoms with van der Waals surface area (Å²) in [5.41, 5.74) is 3.73. The summed E-state index contributed by atoms with van der Waals surface area (Å²) >= 11 is 0. The third-order valence-corrected chi connectivity index (χ3v) is 5.40. The molecule has 1 aliphatic rings. The van der Waals surface area contributed by atoms with Crippen molar-refractivity contribution in [3.05, 3.63) is 96.1 Å². The van der Waals surface area contributed by atoms with E-state index < -0.39 is 6.04 Å². The van der Waals surface area contributed by atoms with Gasteiger partial charge in [-0.25, -0.2) is 4.79 Å². The number of benzene rings is 3. The summed E-state index contributed by atoms with van der Waals surface area (Å²) in [5, 5.41) is 0. The lowest BCUT2D eigenvalue weighted by molar-refractivity contribution is -0.127. The zero-order valence-corrected chi connectivity index (χ0v) is 17.2. The highest BCUT2D eigenvalue weighted by Crippen LogP contribution is 2.30. The van der Waals surface area contributed by atoms with E-state index in [0.717, 1.165) is 22.5 Å². The number of amides is 3. The summed E-state index contributed by atoms with van der Waals surface area (Å²) in [5.74, 6) is -0.163. The molecule has 1 atom stereocenters. The van der Waals surface area contributed by atoms with Gasteiger partial charge in [-0.3, -0.25) is 14.6 Å². The normalized spacial score (nSPS) is 16.3.